The van der Waals surface area contributed by atoms with Crippen molar-refractivity contribution in [3.8, 4) is 0 Å². The van der Waals surface area contributed by atoms with Crippen LogP contribution in [0.2, 0.25) is 0 Å². The number of benzene rings is 2. The number of nitrogens with one attached hydrogen (secondary N) is 2. The lowest BCUT2D eigenvalue weighted by atomic mass is 10.0. The van der Waals surface area contributed by atoms with E-state index < -0.39 is 29.7 Å². The number of hydrogen-bond donors (Lipinski definition) is 3. The molecule has 3 aromatic rings. The number of nitrogens with zero attached hydrogens (tertiary/aromatic N) is 1. The molecule has 10 heteroatoms. The Morgan fingerprint density at radius 2 is 1.83 bits per heavy atom. The molecule has 1 heterocycles. The van der Waals surface area contributed by atoms with Crippen LogP contribution >= 0.6 is 11.3 Å². The predicted octanol–water partition coefficient (Wildman–Crippen LogP) is 3.76. The van der Waals surface area contributed by atoms with Gasteiger partial charge in [-0.15, -0.1) is 11.3 Å². The molecule has 36 heavy (non-hydrogen) atoms. The van der Waals surface area contributed by atoms with Crippen LogP contribution in [0.1, 0.15) is 36.2 Å². The monoisotopic (exact) mass is 516 g/mol. The second-order valence-electron chi connectivity index (χ2n) is 8.48. The zero-order chi connectivity index (χ0) is 26.1. The highest BCUT2D eigenvalue weighted by molar-refractivity contribution is 7.13. The molecule has 0 spiro atoms. The zero-order valence-electron chi connectivity index (χ0n) is 20.2. The third-order valence-corrected chi connectivity index (χ3v) is 6.20. The van der Waals surface area contributed by atoms with Gasteiger partial charge in [0.05, 0.1) is 12.1 Å². The first-order valence-electron chi connectivity index (χ1n) is 11.6. The topological polar surface area (TPSA) is 106 Å². The van der Waals surface area contributed by atoms with Crippen LogP contribution in [0.15, 0.2) is 47.8 Å². The third-order valence-electron chi connectivity index (χ3n) is 5.39. The highest BCUT2D eigenvalue weighted by atomic mass is 32.1. The maximum Gasteiger partial charge on any atom is 0.312 e. The van der Waals surface area contributed by atoms with Gasteiger partial charge in [-0.05, 0) is 41.7 Å². The number of aromatic nitrogens is 1. The van der Waals surface area contributed by atoms with Crippen LogP contribution in [0.5, 0.6) is 0 Å². The summed E-state index contributed by atoms with van der Waals surface area (Å²) in [7, 11) is 0. The van der Waals surface area contributed by atoms with E-state index in [2.05, 4.69) is 34.7 Å². The summed E-state index contributed by atoms with van der Waals surface area (Å²) >= 11 is 1.21. The van der Waals surface area contributed by atoms with Gasteiger partial charge in [-0.1, -0.05) is 31.2 Å². The third kappa shape index (κ3) is 8.78. The van der Waals surface area contributed by atoms with Crippen LogP contribution in [0.4, 0.5) is 13.9 Å². The molecule has 0 saturated carbocycles. The SMILES string of the molecule is CCc1cccc(CNC[C@@H](OC(=O)Cc2csc(NC(C)=O)n2)[C@@H](N)Cc2cc(F)cc(F)c2)c1. The lowest BCUT2D eigenvalue weighted by Gasteiger charge is -2.25. The molecule has 0 aliphatic rings. The van der Waals surface area contributed by atoms with E-state index >= 15 is 0 Å². The van der Waals surface area contributed by atoms with Gasteiger partial charge in [-0.2, -0.15) is 0 Å². The smallest absolute Gasteiger partial charge is 0.312 e. The van der Waals surface area contributed by atoms with Crippen LogP contribution in [-0.4, -0.2) is 35.6 Å². The molecule has 0 radical (unpaired) electrons. The molecular formula is C26H30F2N4O3S. The molecule has 0 fully saturated rings. The number of carbonyl (C=O) groups excluding carboxylic acids is 2. The summed E-state index contributed by atoms with van der Waals surface area (Å²) in [5, 5.41) is 7.90. The van der Waals surface area contributed by atoms with Crippen LogP contribution in [-0.2, 0) is 40.1 Å². The summed E-state index contributed by atoms with van der Waals surface area (Å²) in [5.41, 5.74) is 9.47. The van der Waals surface area contributed by atoms with Crippen molar-refractivity contribution in [1.82, 2.24) is 10.3 Å². The normalized spacial score (nSPS) is 12.7. The molecular weight excluding hydrogens is 486 g/mol. The quantitative estimate of drug-likeness (QED) is 0.317. The van der Waals surface area contributed by atoms with Crippen molar-refractivity contribution >= 4 is 28.3 Å². The molecule has 7 nitrogen and oxygen atoms in total. The minimum Gasteiger partial charge on any atom is -0.459 e. The number of nitrogens with two attached hydrogens (primary N) is 1. The first-order valence-corrected chi connectivity index (χ1v) is 12.5. The molecule has 0 aliphatic heterocycles. The van der Waals surface area contributed by atoms with Crippen molar-refractivity contribution in [3.05, 3.63) is 81.9 Å². The second-order valence-corrected chi connectivity index (χ2v) is 9.34. The van der Waals surface area contributed by atoms with Gasteiger partial charge >= 0.3 is 5.97 Å². The first kappa shape index (κ1) is 27.4. The van der Waals surface area contributed by atoms with E-state index in [9.17, 15) is 18.4 Å². The summed E-state index contributed by atoms with van der Waals surface area (Å²) < 4.78 is 33.0. The first-order chi connectivity index (χ1) is 17.2. The molecule has 2 aromatic carbocycles. The fourth-order valence-electron chi connectivity index (χ4n) is 3.69. The van der Waals surface area contributed by atoms with Crippen molar-refractivity contribution in [2.24, 2.45) is 5.73 Å². The number of amides is 1. The minimum atomic E-state index is -0.758. The lowest BCUT2D eigenvalue weighted by molar-refractivity contribution is -0.149. The van der Waals surface area contributed by atoms with Gasteiger partial charge in [0.25, 0.3) is 0 Å². The van der Waals surface area contributed by atoms with E-state index in [4.69, 9.17) is 10.5 Å². The van der Waals surface area contributed by atoms with Crippen LogP contribution in [0, 0.1) is 11.6 Å². The Morgan fingerprint density at radius 3 is 2.53 bits per heavy atom. The van der Waals surface area contributed by atoms with E-state index in [1.165, 1.54) is 36.0 Å². The summed E-state index contributed by atoms with van der Waals surface area (Å²) in [5.74, 6) is -2.19. The van der Waals surface area contributed by atoms with Gasteiger partial charge in [0, 0.05) is 37.5 Å². The number of esters is 1. The van der Waals surface area contributed by atoms with E-state index in [-0.39, 0.29) is 25.3 Å². The second kappa shape index (κ2) is 13.2. The summed E-state index contributed by atoms with van der Waals surface area (Å²) in [6.07, 6.45) is 0.172. The van der Waals surface area contributed by atoms with E-state index in [1.54, 1.807) is 5.38 Å². The number of anilines is 1. The number of thiazole rings is 1. The molecule has 4 N–H and O–H groups in total. The highest BCUT2D eigenvalue weighted by Crippen LogP contribution is 2.17. The van der Waals surface area contributed by atoms with E-state index in [1.807, 2.05) is 12.1 Å². The van der Waals surface area contributed by atoms with Gasteiger partial charge in [0.15, 0.2) is 5.13 Å². The van der Waals surface area contributed by atoms with Crippen molar-refractivity contribution in [3.63, 3.8) is 0 Å². The van der Waals surface area contributed by atoms with Gasteiger partial charge in [0.1, 0.15) is 17.7 Å². The summed E-state index contributed by atoms with van der Waals surface area (Å²) in [6, 6.07) is 10.6. The molecule has 0 aliphatic carbocycles. The molecule has 192 valence electrons. The maximum atomic E-state index is 13.7. The van der Waals surface area contributed by atoms with E-state index in [0.717, 1.165) is 18.1 Å². The van der Waals surface area contributed by atoms with Crippen molar-refractivity contribution in [1.29, 1.82) is 0 Å². The summed E-state index contributed by atoms with van der Waals surface area (Å²) in [4.78, 5) is 28.1. The predicted molar refractivity (Wildman–Crippen MR) is 136 cm³/mol. The Kier molecular flexibility index (Phi) is 10.0. The standard InChI is InChI=1S/C26H30F2N4O3S/c1-3-17-5-4-6-18(7-17)13-30-14-24(23(29)10-19-8-20(27)11-21(28)9-19)35-25(34)12-22-15-36-26(32-22)31-16(2)33/h4-9,11,15,23-24,30H,3,10,12-14,29H2,1-2H3,(H,31,32,33)/t23-,24+/m0/s1. The Balaban J connectivity index is 1.66. The number of aryl methyl sites for hydroxylation is 1. The molecule has 0 bridgehead atoms. The van der Waals surface area contributed by atoms with Crippen LogP contribution in [0.25, 0.3) is 0 Å². The van der Waals surface area contributed by atoms with Gasteiger partial charge < -0.3 is 21.1 Å². The van der Waals surface area contributed by atoms with Crippen molar-refractivity contribution in [2.75, 3.05) is 11.9 Å². The Hall–Kier alpha value is -3.21. The molecule has 2 atom stereocenters. The lowest BCUT2D eigenvalue weighted by Crippen LogP contribution is -2.46. The molecule has 0 unspecified atom stereocenters. The number of rotatable bonds is 12. The zero-order valence-corrected chi connectivity index (χ0v) is 21.0. The number of ether oxygens (including phenoxy) is 1. The van der Waals surface area contributed by atoms with Crippen LogP contribution < -0.4 is 16.4 Å². The average Bonchev–Trinajstić information content (AvgIpc) is 3.23. The number of hydrogen-bond acceptors (Lipinski definition) is 7. The highest BCUT2D eigenvalue weighted by Gasteiger charge is 2.24. The maximum absolute atomic E-state index is 13.7. The van der Waals surface area contributed by atoms with E-state index in [0.29, 0.717) is 22.9 Å². The molecule has 1 aromatic heterocycles. The number of halogens is 2. The van der Waals surface area contributed by atoms with Crippen molar-refractivity contribution in [2.45, 2.75) is 51.8 Å². The Labute approximate surface area is 213 Å². The molecule has 1 amide bonds. The Bertz CT molecular complexity index is 1170. The van der Waals surface area contributed by atoms with Gasteiger partial charge in [-0.3, -0.25) is 9.59 Å². The Morgan fingerprint density at radius 1 is 1.11 bits per heavy atom. The molecule has 0 saturated heterocycles. The van der Waals surface area contributed by atoms with Gasteiger partial charge in [0.2, 0.25) is 5.91 Å². The van der Waals surface area contributed by atoms with Crippen molar-refractivity contribution < 1.29 is 23.1 Å². The molecule has 3 rings (SSSR count). The van der Waals surface area contributed by atoms with Crippen LogP contribution in [0.3, 0.4) is 0 Å². The number of carbonyl (C=O) groups is 2. The van der Waals surface area contributed by atoms with Gasteiger partial charge in [-0.25, -0.2) is 13.8 Å². The minimum absolute atomic E-state index is 0.105. The fraction of sp³-hybridized carbons (Fsp3) is 0.346. The summed E-state index contributed by atoms with van der Waals surface area (Å²) in [6.45, 7) is 4.24. The fourth-order valence-corrected chi connectivity index (χ4v) is 4.44. The largest absolute Gasteiger partial charge is 0.459 e. The average molecular weight is 517 g/mol.